The van der Waals surface area contributed by atoms with E-state index in [0.29, 0.717) is 21.8 Å². The van der Waals surface area contributed by atoms with Crippen LogP contribution in [0.25, 0.3) is 22.2 Å². The number of benzene rings is 1. The molecular weight excluding hydrogens is 291 g/mol. The van der Waals surface area contributed by atoms with Gasteiger partial charge in [0.15, 0.2) is 0 Å². The molecule has 0 aliphatic heterocycles. The van der Waals surface area contributed by atoms with Crippen molar-refractivity contribution >= 4 is 34.5 Å². The van der Waals surface area contributed by atoms with E-state index in [4.69, 9.17) is 27.7 Å². The Morgan fingerprint density at radius 2 is 2.00 bits per heavy atom. The molecule has 2 aromatic heterocycles. The molecule has 0 aliphatic rings. The van der Waals surface area contributed by atoms with E-state index in [1.54, 1.807) is 29.5 Å². The predicted molar refractivity (Wildman–Crippen MR) is 73.1 cm³/mol. The van der Waals surface area contributed by atoms with Crippen molar-refractivity contribution in [1.29, 1.82) is 0 Å². The predicted octanol–water partition coefficient (Wildman–Crippen LogP) is 4.77. The zero-order valence-corrected chi connectivity index (χ0v) is 11.3. The summed E-state index contributed by atoms with van der Waals surface area (Å²) in [5.41, 5.74) is 0.750. The van der Waals surface area contributed by atoms with Crippen molar-refractivity contribution in [3.63, 3.8) is 0 Å². The molecule has 2 heterocycles. The highest BCUT2D eigenvalue weighted by Crippen LogP contribution is 2.29. The maximum absolute atomic E-state index is 5.95. The van der Waals surface area contributed by atoms with E-state index in [-0.39, 0.29) is 0 Å². The molecule has 0 fully saturated rings. The Balaban J connectivity index is 2.00. The molecule has 3 nitrogen and oxygen atoms in total. The molecule has 3 aromatic rings. The SMILES string of the molecule is Clc1ccc(-c2nc(-c3cccs3)no2)cc1Cl. The topological polar surface area (TPSA) is 38.9 Å². The monoisotopic (exact) mass is 296 g/mol. The van der Waals surface area contributed by atoms with Gasteiger partial charge in [0.1, 0.15) is 0 Å². The molecule has 0 spiro atoms. The Bertz CT molecular complexity index is 679. The maximum Gasteiger partial charge on any atom is 0.258 e. The van der Waals surface area contributed by atoms with E-state index in [0.717, 1.165) is 10.4 Å². The number of halogens is 2. The molecule has 0 saturated carbocycles. The summed E-state index contributed by atoms with van der Waals surface area (Å²) < 4.78 is 5.21. The number of nitrogens with zero attached hydrogens (tertiary/aromatic N) is 2. The van der Waals surface area contributed by atoms with Crippen LogP contribution in [0.15, 0.2) is 40.2 Å². The molecule has 0 saturated heterocycles. The van der Waals surface area contributed by atoms with Gasteiger partial charge in [0.2, 0.25) is 5.82 Å². The first-order chi connectivity index (χ1) is 8.74. The van der Waals surface area contributed by atoms with Gasteiger partial charge in [-0.1, -0.05) is 34.4 Å². The summed E-state index contributed by atoms with van der Waals surface area (Å²) in [7, 11) is 0. The van der Waals surface area contributed by atoms with Gasteiger partial charge in [-0.05, 0) is 29.6 Å². The van der Waals surface area contributed by atoms with E-state index in [9.17, 15) is 0 Å². The van der Waals surface area contributed by atoms with Crippen molar-refractivity contribution in [2.24, 2.45) is 0 Å². The third kappa shape index (κ3) is 2.14. The number of hydrogen-bond acceptors (Lipinski definition) is 4. The third-order valence-corrected chi connectivity index (χ3v) is 3.94. The number of thiophene rings is 1. The first-order valence-electron chi connectivity index (χ1n) is 5.07. The van der Waals surface area contributed by atoms with Crippen molar-refractivity contribution < 1.29 is 4.52 Å². The molecule has 0 aliphatic carbocycles. The summed E-state index contributed by atoms with van der Waals surface area (Å²) in [5, 5.41) is 6.86. The first kappa shape index (κ1) is 11.7. The lowest BCUT2D eigenvalue weighted by atomic mass is 10.2. The highest BCUT2D eigenvalue weighted by Gasteiger charge is 2.12. The molecule has 18 heavy (non-hydrogen) atoms. The van der Waals surface area contributed by atoms with Crippen LogP contribution in [0, 0.1) is 0 Å². The molecule has 0 atom stereocenters. The van der Waals surface area contributed by atoms with Gasteiger partial charge in [0, 0.05) is 5.56 Å². The van der Waals surface area contributed by atoms with Crippen LogP contribution >= 0.6 is 34.5 Å². The van der Waals surface area contributed by atoms with Crippen molar-refractivity contribution in [3.05, 3.63) is 45.8 Å². The molecule has 1 aromatic carbocycles. The van der Waals surface area contributed by atoms with Gasteiger partial charge in [-0.15, -0.1) is 11.3 Å². The minimum Gasteiger partial charge on any atom is -0.334 e. The Morgan fingerprint density at radius 3 is 2.72 bits per heavy atom. The van der Waals surface area contributed by atoms with Gasteiger partial charge in [0.05, 0.1) is 14.9 Å². The lowest BCUT2D eigenvalue weighted by molar-refractivity contribution is 0.432. The smallest absolute Gasteiger partial charge is 0.258 e. The summed E-state index contributed by atoms with van der Waals surface area (Å²) in [5.74, 6) is 1.00. The second-order valence-corrected chi connectivity index (χ2v) is 5.29. The normalized spacial score (nSPS) is 10.8. The lowest BCUT2D eigenvalue weighted by Crippen LogP contribution is -1.79. The summed E-state index contributed by atoms with van der Waals surface area (Å²) in [6, 6.07) is 9.08. The summed E-state index contributed by atoms with van der Waals surface area (Å²) in [4.78, 5) is 5.29. The highest BCUT2D eigenvalue weighted by atomic mass is 35.5. The van der Waals surface area contributed by atoms with Gasteiger partial charge in [0.25, 0.3) is 5.89 Å². The second-order valence-electron chi connectivity index (χ2n) is 3.53. The fourth-order valence-corrected chi connectivity index (χ4v) is 2.42. The van der Waals surface area contributed by atoms with Gasteiger partial charge in [-0.2, -0.15) is 4.98 Å². The Morgan fingerprint density at radius 1 is 1.11 bits per heavy atom. The Labute approximate surface area is 117 Å². The second kappa shape index (κ2) is 4.72. The van der Waals surface area contributed by atoms with Crippen LogP contribution in [-0.2, 0) is 0 Å². The van der Waals surface area contributed by atoms with Crippen LogP contribution in [0.4, 0.5) is 0 Å². The van der Waals surface area contributed by atoms with E-state index >= 15 is 0 Å². The molecule has 90 valence electrons. The van der Waals surface area contributed by atoms with E-state index in [1.807, 2.05) is 17.5 Å². The molecule has 0 radical (unpaired) electrons. The lowest BCUT2D eigenvalue weighted by Gasteiger charge is -1.97. The molecule has 3 rings (SSSR count). The van der Waals surface area contributed by atoms with E-state index in [2.05, 4.69) is 10.1 Å². The quantitative estimate of drug-likeness (QED) is 0.683. The number of rotatable bonds is 2. The van der Waals surface area contributed by atoms with Crippen molar-refractivity contribution in [3.8, 4) is 22.2 Å². The zero-order valence-electron chi connectivity index (χ0n) is 8.93. The largest absolute Gasteiger partial charge is 0.334 e. The summed E-state index contributed by atoms with van der Waals surface area (Å²) in [6.07, 6.45) is 0. The fraction of sp³-hybridized carbons (Fsp3) is 0. The van der Waals surface area contributed by atoms with E-state index in [1.165, 1.54) is 0 Å². The average Bonchev–Trinajstić information content (AvgIpc) is 3.01. The zero-order chi connectivity index (χ0) is 12.5. The maximum atomic E-state index is 5.95. The first-order valence-corrected chi connectivity index (χ1v) is 6.70. The van der Waals surface area contributed by atoms with Crippen molar-refractivity contribution in [1.82, 2.24) is 10.1 Å². The summed E-state index contributed by atoms with van der Waals surface area (Å²) >= 11 is 13.4. The van der Waals surface area contributed by atoms with Gasteiger partial charge >= 0.3 is 0 Å². The van der Waals surface area contributed by atoms with E-state index < -0.39 is 0 Å². The van der Waals surface area contributed by atoms with Crippen molar-refractivity contribution in [2.75, 3.05) is 0 Å². The van der Waals surface area contributed by atoms with Gasteiger partial charge in [-0.3, -0.25) is 0 Å². The Kier molecular flexibility index (Phi) is 3.07. The van der Waals surface area contributed by atoms with Crippen molar-refractivity contribution in [2.45, 2.75) is 0 Å². The van der Waals surface area contributed by atoms with Crippen LogP contribution in [-0.4, -0.2) is 10.1 Å². The molecule has 0 bridgehead atoms. The van der Waals surface area contributed by atoms with Crippen LogP contribution < -0.4 is 0 Å². The number of aromatic nitrogens is 2. The van der Waals surface area contributed by atoms with Crippen LogP contribution in [0.2, 0.25) is 10.0 Å². The van der Waals surface area contributed by atoms with Gasteiger partial charge < -0.3 is 4.52 Å². The summed E-state index contributed by atoms with van der Waals surface area (Å²) in [6.45, 7) is 0. The molecule has 0 N–H and O–H groups in total. The third-order valence-electron chi connectivity index (χ3n) is 2.33. The standard InChI is InChI=1S/C12H6Cl2N2OS/c13-8-4-3-7(6-9(8)14)12-15-11(16-17-12)10-2-1-5-18-10/h1-6H. The van der Waals surface area contributed by atoms with Crippen LogP contribution in [0.3, 0.4) is 0 Å². The van der Waals surface area contributed by atoms with Crippen LogP contribution in [0.1, 0.15) is 0 Å². The van der Waals surface area contributed by atoms with Gasteiger partial charge in [-0.25, -0.2) is 0 Å². The molecule has 0 amide bonds. The highest BCUT2D eigenvalue weighted by molar-refractivity contribution is 7.13. The van der Waals surface area contributed by atoms with Crippen LogP contribution in [0.5, 0.6) is 0 Å². The Hall–Kier alpha value is -1.36. The number of hydrogen-bond donors (Lipinski definition) is 0. The molecular formula is C12H6Cl2N2OS. The minimum atomic E-state index is 0.428. The molecule has 6 heteroatoms. The fourth-order valence-electron chi connectivity index (χ4n) is 1.48. The molecule has 0 unspecified atom stereocenters. The minimum absolute atomic E-state index is 0.428. The average molecular weight is 297 g/mol.